The highest BCUT2D eigenvalue weighted by Crippen LogP contribution is 2.30. The van der Waals surface area contributed by atoms with Crippen molar-refractivity contribution in [3.05, 3.63) is 98.9 Å². The molecule has 1 heterocycles. The average Bonchev–Trinajstić information content (AvgIpc) is 2.84. The second-order valence-electron chi connectivity index (χ2n) is 7.06. The largest absolute Gasteiger partial charge is 0.493 e. The first-order chi connectivity index (χ1) is 16.5. The number of hydrogen-bond acceptors (Lipinski definition) is 6. The first-order valence-corrected chi connectivity index (χ1v) is 10.1. The van der Waals surface area contributed by atoms with Gasteiger partial charge in [-0.1, -0.05) is 18.2 Å². The molecule has 0 bridgehead atoms. The van der Waals surface area contributed by atoms with Gasteiger partial charge in [0.1, 0.15) is 5.82 Å². The van der Waals surface area contributed by atoms with Crippen LogP contribution in [-0.4, -0.2) is 35.5 Å². The summed E-state index contributed by atoms with van der Waals surface area (Å²) in [5.41, 5.74) is -0.106. The van der Waals surface area contributed by atoms with E-state index in [1.54, 1.807) is 42.5 Å². The smallest absolute Gasteiger partial charge is 0.349 e. The van der Waals surface area contributed by atoms with E-state index in [-0.39, 0.29) is 12.4 Å². The molecule has 2 N–H and O–H groups in total. The summed E-state index contributed by atoms with van der Waals surface area (Å²) >= 11 is 0. The lowest BCUT2D eigenvalue weighted by Crippen LogP contribution is -2.32. The van der Waals surface area contributed by atoms with E-state index < -0.39 is 23.0 Å². The minimum absolute atomic E-state index is 0.188. The summed E-state index contributed by atoms with van der Waals surface area (Å²) in [4.78, 5) is 39.9. The zero-order chi connectivity index (χ0) is 24.1. The standard InChI is InChI=1S/C24H19FN4O5/c1-33-20-8-4-5-15(22(20)34-14-21(30)27-17-11-9-16(25)10-12-17)13-26-29-23(31)18-6-2-3-7-19(18)28-24(29)32/h2-13H,14H2,1H3,(H,27,30)(H,28,32). The molecule has 172 valence electrons. The molecule has 0 radical (unpaired) electrons. The summed E-state index contributed by atoms with van der Waals surface area (Å²) in [6, 6.07) is 16.8. The van der Waals surface area contributed by atoms with Gasteiger partial charge >= 0.3 is 5.69 Å². The fourth-order valence-corrected chi connectivity index (χ4v) is 3.20. The highest BCUT2D eigenvalue weighted by molar-refractivity contribution is 5.92. The van der Waals surface area contributed by atoms with Crippen LogP contribution in [0.5, 0.6) is 11.5 Å². The van der Waals surface area contributed by atoms with E-state index >= 15 is 0 Å². The van der Waals surface area contributed by atoms with E-state index in [2.05, 4.69) is 15.4 Å². The second kappa shape index (κ2) is 9.82. The quantitative estimate of drug-likeness (QED) is 0.410. The number of halogens is 1. The first kappa shape index (κ1) is 22.5. The number of rotatable bonds is 7. The van der Waals surface area contributed by atoms with E-state index in [0.29, 0.717) is 32.6 Å². The molecule has 0 spiro atoms. The molecule has 0 aliphatic carbocycles. The Hall–Kier alpha value is -4.73. The number of carbonyl (C=O) groups is 1. The molecule has 0 unspecified atom stereocenters. The van der Waals surface area contributed by atoms with Crippen molar-refractivity contribution in [1.29, 1.82) is 0 Å². The first-order valence-electron chi connectivity index (χ1n) is 10.1. The maximum Gasteiger partial charge on any atom is 0.349 e. The molecule has 0 atom stereocenters. The molecule has 0 saturated carbocycles. The van der Waals surface area contributed by atoms with Crippen molar-refractivity contribution < 1.29 is 18.7 Å². The molecule has 1 amide bonds. The third kappa shape index (κ3) is 4.85. The Balaban J connectivity index is 1.59. The number of hydrogen-bond donors (Lipinski definition) is 2. The molecule has 0 aliphatic heterocycles. The highest BCUT2D eigenvalue weighted by Gasteiger charge is 2.13. The van der Waals surface area contributed by atoms with Crippen LogP contribution in [-0.2, 0) is 4.79 Å². The number of benzene rings is 3. The molecule has 9 nitrogen and oxygen atoms in total. The zero-order valence-electron chi connectivity index (χ0n) is 17.9. The van der Waals surface area contributed by atoms with Crippen LogP contribution >= 0.6 is 0 Å². The van der Waals surface area contributed by atoms with Gasteiger partial charge in [-0.05, 0) is 48.5 Å². The van der Waals surface area contributed by atoms with Crippen LogP contribution in [0.2, 0.25) is 0 Å². The number of ether oxygens (including phenoxy) is 2. The number of methoxy groups -OCH3 is 1. The molecule has 3 aromatic carbocycles. The van der Waals surface area contributed by atoms with Crippen molar-refractivity contribution >= 4 is 28.7 Å². The monoisotopic (exact) mass is 462 g/mol. The number of aromatic nitrogens is 2. The molecule has 10 heteroatoms. The molecular weight excluding hydrogens is 443 g/mol. The van der Waals surface area contributed by atoms with Gasteiger partial charge in [0.15, 0.2) is 18.1 Å². The average molecular weight is 462 g/mol. The Labute approximate surface area is 192 Å². The molecule has 0 fully saturated rings. The van der Waals surface area contributed by atoms with E-state index in [0.717, 1.165) is 0 Å². The van der Waals surface area contributed by atoms with Gasteiger partial charge in [-0.2, -0.15) is 5.10 Å². The predicted octanol–water partition coefficient (Wildman–Crippen LogP) is 2.74. The number of para-hydroxylation sites is 2. The van der Waals surface area contributed by atoms with E-state index in [9.17, 15) is 18.8 Å². The number of aromatic amines is 1. The molecule has 1 aromatic heterocycles. The van der Waals surface area contributed by atoms with Gasteiger partial charge in [0, 0.05) is 11.3 Å². The maximum atomic E-state index is 13.0. The van der Waals surface area contributed by atoms with Gasteiger partial charge in [-0.15, -0.1) is 4.68 Å². The van der Waals surface area contributed by atoms with Crippen LogP contribution in [0.3, 0.4) is 0 Å². The SMILES string of the molecule is COc1cccc(C=Nn2c(=O)[nH]c3ccccc3c2=O)c1OCC(=O)Nc1ccc(F)cc1. The summed E-state index contributed by atoms with van der Waals surface area (Å²) in [6.45, 7) is -0.380. The summed E-state index contributed by atoms with van der Waals surface area (Å²) in [5.74, 6) is -0.397. The van der Waals surface area contributed by atoms with Crippen molar-refractivity contribution in [3.63, 3.8) is 0 Å². The third-order valence-electron chi connectivity index (χ3n) is 4.80. The molecule has 0 aliphatic rings. The van der Waals surface area contributed by atoms with E-state index in [1.807, 2.05) is 0 Å². The van der Waals surface area contributed by atoms with Crippen molar-refractivity contribution in [2.75, 3.05) is 19.0 Å². The summed E-state index contributed by atoms with van der Waals surface area (Å²) < 4.78 is 24.7. The van der Waals surface area contributed by atoms with Gasteiger partial charge in [0.25, 0.3) is 11.5 Å². The van der Waals surface area contributed by atoms with Gasteiger partial charge in [0.2, 0.25) is 0 Å². The van der Waals surface area contributed by atoms with E-state index in [1.165, 1.54) is 37.6 Å². The maximum absolute atomic E-state index is 13.0. The number of amides is 1. The van der Waals surface area contributed by atoms with Gasteiger partial charge in [-0.3, -0.25) is 9.59 Å². The Kier molecular flexibility index (Phi) is 6.49. The van der Waals surface area contributed by atoms with Crippen molar-refractivity contribution in [1.82, 2.24) is 9.66 Å². The minimum Gasteiger partial charge on any atom is -0.493 e. The topological polar surface area (TPSA) is 115 Å². The van der Waals surface area contributed by atoms with Crippen molar-refractivity contribution in [2.45, 2.75) is 0 Å². The lowest BCUT2D eigenvalue weighted by Gasteiger charge is -2.13. The van der Waals surface area contributed by atoms with Crippen LogP contribution in [0.4, 0.5) is 10.1 Å². The molecular formula is C24H19FN4O5. The summed E-state index contributed by atoms with van der Waals surface area (Å²) in [6.07, 6.45) is 1.27. The molecule has 4 aromatic rings. The molecule has 0 saturated heterocycles. The number of anilines is 1. The highest BCUT2D eigenvalue weighted by atomic mass is 19.1. The number of carbonyl (C=O) groups excluding carboxylic acids is 1. The molecule has 34 heavy (non-hydrogen) atoms. The number of nitrogens with one attached hydrogen (secondary N) is 2. The van der Waals surface area contributed by atoms with Gasteiger partial charge in [-0.25, -0.2) is 9.18 Å². The number of nitrogens with zero attached hydrogens (tertiary/aromatic N) is 2. The third-order valence-corrected chi connectivity index (χ3v) is 4.80. The lowest BCUT2D eigenvalue weighted by atomic mass is 10.2. The second-order valence-corrected chi connectivity index (χ2v) is 7.06. The number of H-pyrrole nitrogens is 1. The fraction of sp³-hybridized carbons (Fsp3) is 0.0833. The lowest BCUT2D eigenvalue weighted by molar-refractivity contribution is -0.118. The van der Waals surface area contributed by atoms with Crippen LogP contribution in [0.25, 0.3) is 10.9 Å². The zero-order valence-corrected chi connectivity index (χ0v) is 17.9. The van der Waals surface area contributed by atoms with Crippen molar-refractivity contribution in [3.8, 4) is 11.5 Å². The summed E-state index contributed by atoms with van der Waals surface area (Å²) in [7, 11) is 1.43. The van der Waals surface area contributed by atoms with Gasteiger partial charge < -0.3 is 19.8 Å². The van der Waals surface area contributed by atoms with Crippen molar-refractivity contribution in [2.24, 2.45) is 5.10 Å². The van der Waals surface area contributed by atoms with Crippen LogP contribution in [0, 0.1) is 5.82 Å². The van der Waals surface area contributed by atoms with Crippen LogP contribution in [0.15, 0.2) is 81.4 Å². The summed E-state index contributed by atoms with van der Waals surface area (Å²) in [5, 5.41) is 6.92. The number of fused-ring (bicyclic) bond motifs is 1. The Morgan fingerprint density at radius 3 is 2.62 bits per heavy atom. The van der Waals surface area contributed by atoms with Crippen LogP contribution in [0.1, 0.15) is 5.56 Å². The van der Waals surface area contributed by atoms with Crippen LogP contribution < -0.4 is 26.0 Å². The Morgan fingerprint density at radius 2 is 1.85 bits per heavy atom. The Morgan fingerprint density at radius 1 is 1.09 bits per heavy atom. The minimum atomic E-state index is -0.705. The normalized spacial score (nSPS) is 11.0. The van der Waals surface area contributed by atoms with E-state index in [4.69, 9.17) is 9.47 Å². The van der Waals surface area contributed by atoms with Gasteiger partial charge in [0.05, 0.1) is 24.2 Å². The Bertz CT molecular complexity index is 1490. The molecule has 4 rings (SSSR count). The predicted molar refractivity (Wildman–Crippen MR) is 125 cm³/mol. The fourth-order valence-electron chi connectivity index (χ4n) is 3.20.